The molecule has 1 aromatic carbocycles. The number of hydrogen-bond donors (Lipinski definition) is 1. The quantitative estimate of drug-likeness (QED) is 0.434. The Morgan fingerprint density at radius 2 is 1.93 bits per heavy atom. The van der Waals surface area contributed by atoms with Crippen molar-refractivity contribution in [2.75, 3.05) is 6.61 Å². The number of ether oxygens (including phenoxy) is 1. The van der Waals surface area contributed by atoms with Crippen LogP contribution >= 0.6 is 0 Å². The number of rotatable bonds is 8. The van der Waals surface area contributed by atoms with E-state index in [1.807, 2.05) is 30.3 Å². The summed E-state index contributed by atoms with van der Waals surface area (Å²) >= 11 is 0. The zero-order valence-electron chi connectivity index (χ0n) is 17.2. The highest BCUT2D eigenvalue weighted by atomic mass is 16.5. The van der Waals surface area contributed by atoms with Crippen molar-refractivity contribution >= 4 is 23.3 Å². The average molecular weight is 412 g/mol. The van der Waals surface area contributed by atoms with Crippen molar-refractivity contribution in [3.63, 3.8) is 0 Å². The highest BCUT2D eigenvalue weighted by molar-refractivity contribution is 5.82. The maximum absolute atomic E-state index is 12.6. The van der Waals surface area contributed by atoms with Gasteiger partial charge in [-0.15, -0.1) is 0 Å². The molecule has 2 aromatic heterocycles. The van der Waals surface area contributed by atoms with Crippen molar-refractivity contribution in [2.45, 2.75) is 26.3 Å². The third kappa shape index (κ3) is 4.32. The smallest absolute Gasteiger partial charge is 0.332 e. The van der Waals surface area contributed by atoms with Gasteiger partial charge in [0.25, 0.3) is 11.6 Å². The number of nitrogens with one attached hydrogen (secondary N) is 1. The van der Waals surface area contributed by atoms with Gasteiger partial charge in [0.05, 0.1) is 12.8 Å². The highest BCUT2D eigenvalue weighted by Crippen LogP contribution is 2.18. The first-order valence-electron chi connectivity index (χ1n) is 9.60. The fourth-order valence-electron chi connectivity index (χ4n) is 3.04. The Morgan fingerprint density at radius 1 is 1.20 bits per heavy atom. The van der Waals surface area contributed by atoms with Gasteiger partial charge in [0, 0.05) is 27.1 Å². The molecule has 1 N–H and O–H groups in total. The minimum atomic E-state index is -0.462. The van der Waals surface area contributed by atoms with E-state index in [1.165, 1.54) is 11.6 Å². The third-order valence-electron chi connectivity index (χ3n) is 4.57. The molecule has 1 amide bonds. The standard InChI is InChI=1S/C20H24N6O4/c1-4-30-19-22-17-16(18(28)25(3)20(29)24(17)2)26(19)12-8-11-15(27)23-21-13-14-9-6-5-7-10-14/h5-7,9-10,13H,4,8,11-12H2,1-3H3,(H,23,27)/b21-13+. The largest absolute Gasteiger partial charge is 0.465 e. The fraction of sp³-hybridized carbons (Fsp3) is 0.350. The fourth-order valence-corrected chi connectivity index (χ4v) is 3.04. The van der Waals surface area contributed by atoms with Gasteiger partial charge in [0.15, 0.2) is 11.2 Å². The number of amides is 1. The van der Waals surface area contributed by atoms with Crippen LogP contribution in [0.4, 0.5) is 0 Å². The van der Waals surface area contributed by atoms with E-state index in [0.29, 0.717) is 19.6 Å². The van der Waals surface area contributed by atoms with Crippen LogP contribution in [0.1, 0.15) is 25.3 Å². The molecule has 0 aliphatic heterocycles. The lowest BCUT2D eigenvalue weighted by Gasteiger charge is -2.09. The molecule has 0 atom stereocenters. The van der Waals surface area contributed by atoms with Gasteiger partial charge in [0.2, 0.25) is 5.91 Å². The second-order valence-corrected chi connectivity index (χ2v) is 6.66. The number of nitrogens with zero attached hydrogens (tertiary/aromatic N) is 5. The zero-order chi connectivity index (χ0) is 21.7. The molecule has 0 saturated carbocycles. The Kier molecular flexibility index (Phi) is 6.45. The first-order chi connectivity index (χ1) is 14.4. The molecular formula is C20H24N6O4. The molecule has 0 radical (unpaired) electrons. The van der Waals surface area contributed by atoms with Crippen LogP contribution in [0.5, 0.6) is 6.01 Å². The zero-order valence-corrected chi connectivity index (χ0v) is 17.2. The van der Waals surface area contributed by atoms with Gasteiger partial charge in [-0.25, -0.2) is 10.2 Å². The van der Waals surface area contributed by atoms with Crippen LogP contribution in [0.25, 0.3) is 11.2 Å². The van der Waals surface area contributed by atoms with Crippen LogP contribution in [-0.2, 0) is 25.4 Å². The van der Waals surface area contributed by atoms with Gasteiger partial charge >= 0.3 is 5.69 Å². The van der Waals surface area contributed by atoms with Gasteiger partial charge < -0.3 is 4.74 Å². The van der Waals surface area contributed by atoms with E-state index >= 15 is 0 Å². The number of aryl methyl sites for hydroxylation is 2. The van der Waals surface area contributed by atoms with Gasteiger partial charge in [-0.2, -0.15) is 10.1 Å². The van der Waals surface area contributed by atoms with E-state index in [4.69, 9.17) is 4.74 Å². The molecule has 0 unspecified atom stereocenters. The number of hydrogen-bond acceptors (Lipinski definition) is 6. The lowest BCUT2D eigenvalue weighted by molar-refractivity contribution is -0.121. The minimum absolute atomic E-state index is 0.198. The van der Waals surface area contributed by atoms with Gasteiger partial charge in [0.1, 0.15) is 0 Å². The second-order valence-electron chi connectivity index (χ2n) is 6.66. The summed E-state index contributed by atoms with van der Waals surface area (Å²) in [5.41, 5.74) is 2.97. The number of imidazole rings is 1. The van der Waals surface area contributed by atoms with E-state index < -0.39 is 11.2 Å². The Bertz CT molecular complexity index is 1190. The third-order valence-corrected chi connectivity index (χ3v) is 4.57. The lowest BCUT2D eigenvalue weighted by Crippen LogP contribution is -2.37. The van der Waals surface area contributed by atoms with E-state index in [2.05, 4.69) is 15.5 Å². The Balaban J connectivity index is 1.73. The monoisotopic (exact) mass is 412 g/mol. The van der Waals surface area contributed by atoms with Crippen molar-refractivity contribution < 1.29 is 9.53 Å². The van der Waals surface area contributed by atoms with Gasteiger partial charge in [-0.3, -0.25) is 23.3 Å². The van der Waals surface area contributed by atoms with E-state index in [9.17, 15) is 14.4 Å². The van der Waals surface area contributed by atoms with Crippen LogP contribution in [0.2, 0.25) is 0 Å². The summed E-state index contributed by atoms with van der Waals surface area (Å²) < 4.78 is 9.49. The minimum Gasteiger partial charge on any atom is -0.465 e. The molecule has 0 fully saturated rings. The van der Waals surface area contributed by atoms with Crippen molar-refractivity contribution in [3.05, 3.63) is 56.7 Å². The number of hydrazone groups is 1. The van der Waals surface area contributed by atoms with Crippen molar-refractivity contribution in [2.24, 2.45) is 19.2 Å². The number of carbonyl (C=O) groups excluding carboxylic acids is 1. The van der Waals surface area contributed by atoms with Crippen LogP contribution in [0, 0.1) is 0 Å². The predicted molar refractivity (Wildman–Crippen MR) is 113 cm³/mol. The molecule has 10 heteroatoms. The van der Waals surface area contributed by atoms with Gasteiger partial charge in [-0.05, 0) is 18.9 Å². The van der Waals surface area contributed by atoms with E-state index in [0.717, 1.165) is 10.1 Å². The summed E-state index contributed by atoms with van der Waals surface area (Å²) in [6, 6.07) is 9.67. The van der Waals surface area contributed by atoms with Crippen molar-refractivity contribution in [3.8, 4) is 6.01 Å². The molecule has 3 aromatic rings. The number of fused-ring (bicyclic) bond motifs is 1. The molecule has 0 aliphatic rings. The molecule has 30 heavy (non-hydrogen) atoms. The van der Waals surface area contributed by atoms with Gasteiger partial charge in [-0.1, -0.05) is 30.3 Å². The molecule has 0 bridgehead atoms. The number of carbonyl (C=O) groups is 1. The van der Waals surface area contributed by atoms with Crippen LogP contribution < -0.4 is 21.4 Å². The Hall–Kier alpha value is -3.69. The topological polar surface area (TPSA) is 113 Å². The van der Waals surface area contributed by atoms with Crippen molar-refractivity contribution in [1.82, 2.24) is 24.1 Å². The molecule has 158 valence electrons. The highest BCUT2D eigenvalue weighted by Gasteiger charge is 2.19. The van der Waals surface area contributed by atoms with Crippen molar-refractivity contribution in [1.29, 1.82) is 0 Å². The van der Waals surface area contributed by atoms with E-state index in [-0.39, 0.29) is 29.5 Å². The molecule has 0 aliphatic carbocycles. The normalized spacial score (nSPS) is 11.3. The summed E-state index contributed by atoms with van der Waals surface area (Å²) in [4.78, 5) is 41.2. The first kappa shape index (κ1) is 21.0. The van der Waals surface area contributed by atoms with Crippen LogP contribution in [0.15, 0.2) is 45.0 Å². The second kappa shape index (κ2) is 9.21. The molecule has 0 saturated heterocycles. The SMILES string of the molecule is CCOc1nc2c(c(=O)n(C)c(=O)n2C)n1CCCC(=O)N/N=C/c1ccccc1. The summed E-state index contributed by atoms with van der Waals surface area (Å²) in [7, 11) is 2.97. The summed E-state index contributed by atoms with van der Waals surface area (Å²) in [6.45, 7) is 2.49. The van der Waals surface area contributed by atoms with Crippen LogP contribution in [-0.4, -0.2) is 37.4 Å². The number of aromatic nitrogens is 4. The molecule has 3 rings (SSSR count). The summed E-state index contributed by atoms with van der Waals surface area (Å²) in [5, 5.41) is 3.94. The molecule has 2 heterocycles. The number of benzene rings is 1. The average Bonchev–Trinajstić information content (AvgIpc) is 3.10. The maximum Gasteiger partial charge on any atom is 0.332 e. The Morgan fingerprint density at radius 3 is 2.63 bits per heavy atom. The first-order valence-corrected chi connectivity index (χ1v) is 9.60. The predicted octanol–water partition coefficient (Wildman–Crippen LogP) is 0.763. The van der Waals surface area contributed by atoms with Crippen LogP contribution in [0.3, 0.4) is 0 Å². The summed E-state index contributed by atoms with van der Waals surface area (Å²) in [5.74, 6) is -0.245. The Labute approximate surface area is 172 Å². The molecule has 0 spiro atoms. The summed E-state index contributed by atoms with van der Waals surface area (Å²) in [6.07, 6.45) is 2.20. The lowest BCUT2D eigenvalue weighted by atomic mass is 10.2. The molecule has 10 nitrogen and oxygen atoms in total. The molecular weight excluding hydrogens is 388 g/mol. The van der Waals surface area contributed by atoms with E-state index in [1.54, 1.807) is 24.8 Å². The maximum atomic E-state index is 12.6.